The van der Waals surface area contributed by atoms with Crippen LogP contribution in [0.3, 0.4) is 0 Å². The predicted octanol–water partition coefficient (Wildman–Crippen LogP) is 4.45. The average molecular weight is 483 g/mol. The van der Waals surface area contributed by atoms with Crippen LogP contribution in [0.25, 0.3) is 0 Å². The van der Waals surface area contributed by atoms with Gasteiger partial charge in [0.15, 0.2) is 28.2 Å². The molecule has 5 nitrogen and oxygen atoms in total. The first-order valence-electron chi connectivity index (χ1n) is 9.42. The van der Waals surface area contributed by atoms with Crippen LogP contribution in [0.15, 0.2) is 29.2 Å². The zero-order valence-corrected chi connectivity index (χ0v) is 17.6. The molecule has 0 aliphatic heterocycles. The Kier molecular flexibility index (Phi) is 8.67. The summed E-state index contributed by atoms with van der Waals surface area (Å²) in [5.41, 5.74) is -0.190. The lowest BCUT2D eigenvalue weighted by atomic mass is 10.2. The Morgan fingerprint density at radius 1 is 0.906 bits per heavy atom. The summed E-state index contributed by atoms with van der Waals surface area (Å²) in [5, 5.41) is 0. The fraction of sp³-hybridized carbons (Fsp3) is 0.350. The van der Waals surface area contributed by atoms with Crippen molar-refractivity contribution < 1.29 is 44.3 Å². The SMILES string of the molecule is CCOC(=O)CCCCN(Cc1ccccc1F)S(=O)(=O)c1c(F)c(F)c(F)c(F)c1F. The van der Waals surface area contributed by atoms with Gasteiger partial charge in [0.2, 0.25) is 15.8 Å². The van der Waals surface area contributed by atoms with Crippen molar-refractivity contribution >= 4 is 16.0 Å². The van der Waals surface area contributed by atoms with E-state index in [2.05, 4.69) is 0 Å². The molecule has 0 atom stereocenters. The van der Waals surface area contributed by atoms with Crippen molar-refractivity contribution in [2.75, 3.05) is 13.2 Å². The number of sulfonamides is 1. The highest BCUT2D eigenvalue weighted by atomic mass is 32.2. The molecule has 0 aliphatic carbocycles. The lowest BCUT2D eigenvalue weighted by Crippen LogP contribution is -2.34. The van der Waals surface area contributed by atoms with E-state index in [1.807, 2.05) is 0 Å². The Morgan fingerprint density at radius 3 is 2.03 bits per heavy atom. The first-order chi connectivity index (χ1) is 15.0. The number of hydrogen-bond donors (Lipinski definition) is 0. The summed E-state index contributed by atoms with van der Waals surface area (Å²) < 4.78 is 114. The number of ether oxygens (including phenoxy) is 1. The van der Waals surface area contributed by atoms with Gasteiger partial charge in [-0.3, -0.25) is 4.79 Å². The molecule has 2 aromatic rings. The Hall–Kier alpha value is -2.60. The first kappa shape index (κ1) is 25.7. The minimum absolute atomic E-state index is 0.0398. The number of rotatable bonds is 10. The van der Waals surface area contributed by atoms with Crippen LogP contribution >= 0.6 is 0 Å². The molecule has 0 N–H and O–H groups in total. The van der Waals surface area contributed by atoms with Crippen LogP contribution in [0.5, 0.6) is 0 Å². The molecule has 0 spiro atoms. The van der Waals surface area contributed by atoms with Gasteiger partial charge in [0, 0.05) is 25.1 Å². The average Bonchev–Trinajstić information content (AvgIpc) is 2.74. The fourth-order valence-electron chi connectivity index (χ4n) is 2.83. The quantitative estimate of drug-likeness (QED) is 0.165. The Labute approximate surface area is 180 Å². The van der Waals surface area contributed by atoms with Crippen molar-refractivity contribution in [3.8, 4) is 0 Å². The molecule has 0 amide bonds. The van der Waals surface area contributed by atoms with Gasteiger partial charge in [0.1, 0.15) is 5.82 Å². The van der Waals surface area contributed by atoms with Crippen LogP contribution in [-0.4, -0.2) is 31.8 Å². The van der Waals surface area contributed by atoms with Crippen molar-refractivity contribution in [2.24, 2.45) is 0 Å². The third-order valence-corrected chi connectivity index (χ3v) is 6.28. The molecule has 0 radical (unpaired) electrons. The molecular formula is C20H19F6NO4S. The zero-order valence-electron chi connectivity index (χ0n) is 16.8. The standard InChI is InChI=1S/C20H19F6NO4S/c1-2-31-14(28)9-5-6-10-27(11-12-7-3-4-8-13(12)21)32(29,30)20-18(25)16(23)15(22)17(24)19(20)26/h3-4,7-8H,2,5-6,9-11H2,1H3. The number of unbranched alkanes of at least 4 members (excludes halogenated alkanes) is 1. The molecule has 0 aromatic heterocycles. The second-order valence-electron chi connectivity index (χ2n) is 6.59. The first-order valence-corrected chi connectivity index (χ1v) is 10.9. The summed E-state index contributed by atoms with van der Waals surface area (Å²) in [4.78, 5) is 9.38. The van der Waals surface area contributed by atoms with E-state index in [0.29, 0.717) is 4.31 Å². The van der Waals surface area contributed by atoms with E-state index in [1.165, 1.54) is 18.2 Å². The van der Waals surface area contributed by atoms with E-state index in [-0.39, 0.29) is 31.4 Å². The van der Waals surface area contributed by atoms with Gasteiger partial charge in [-0.05, 0) is 25.8 Å². The summed E-state index contributed by atoms with van der Waals surface area (Å²) in [6, 6.07) is 4.91. The summed E-state index contributed by atoms with van der Waals surface area (Å²) in [6.07, 6.45) is -0.0366. The van der Waals surface area contributed by atoms with E-state index in [9.17, 15) is 39.6 Å². The maximum Gasteiger partial charge on any atom is 0.305 e. The van der Waals surface area contributed by atoms with Crippen LogP contribution in [0.4, 0.5) is 26.3 Å². The summed E-state index contributed by atoms with van der Waals surface area (Å²) in [5.74, 6) is -13.8. The van der Waals surface area contributed by atoms with Crippen LogP contribution < -0.4 is 0 Å². The van der Waals surface area contributed by atoms with Gasteiger partial charge in [-0.1, -0.05) is 18.2 Å². The number of halogens is 6. The minimum atomic E-state index is -5.30. The molecule has 0 unspecified atom stereocenters. The molecule has 0 fully saturated rings. The molecule has 2 aromatic carbocycles. The molecule has 32 heavy (non-hydrogen) atoms. The third-order valence-electron chi connectivity index (χ3n) is 4.42. The topological polar surface area (TPSA) is 63.7 Å². The number of esters is 1. The Balaban J connectivity index is 2.42. The van der Waals surface area contributed by atoms with Crippen molar-refractivity contribution in [3.05, 3.63) is 64.7 Å². The fourth-order valence-corrected chi connectivity index (χ4v) is 4.40. The van der Waals surface area contributed by atoms with E-state index >= 15 is 0 Å². The second-order valence-corrected chi connectivity index (χ2v) is 8.47. The second kappa shape index (κ2) is 10.8. The van der Waals surface area contributed by atoms with Gasteiger partial charge in [-0.2, -0.15) is 4.31 Å². The number of carbonyl (C=O) groups excluding carboxylic acids is 1. The van der Waals surface area contributed by atoms with Gasteiger partial charge >= 0.3 is 5.97 Å². The van der Waals surface area contributed by atoms with Crippen molar-refractivity contribution in [2.45, 2.75) is 37.6 Å². The molecule has 0 saturated carbocycles. The van der Waals surface area contributed by atoms with Gasteiger partial charge in [0.05, 0.1) is 6.61 Å². The van der Waals surface area contributed by atoms with E-state index in [0.717, 1.165) is 6.07 Å². The molecule has 2 rings (SSSR count). The highest BCUT2D eigenvalue weighted by Gasteiger charge is 2.37. The maximum absolute atomic E-state index is 14.2. The molecule has 0 bridgehead atoms. The largest absolute Gasteiger partial charge is 0.466 e. The highest BCUT2D eigenvalue weighted by molar-refractivity contribution is 7.89. The van der Waals surface area contributed by atoms with Gasteiger partial charge < -0.3 is 4.74 Å². The van der Waals surface area contributed by atoms with Gasteiger partial charge in [-0.15, -0.1) is 0 Å². The summed E-state index contributed by atoms with van der Waals surface area (Å²) in [6.45, 7) is 0.487. The Bertz CT molecular complexity index is 1060. The molecule has 0 heterocycles. The molecule has 176 valence electrons. The number of hydrogen-bond acceptors (Lipinski definition) is 4. The van der Waals surface area contributed by atoms with Crippen molar-refractivity contribution in [1.82, 2.24) is 4.31 Å². The van der Waals surface area contributed by atoms with E-state index in [4.69, 9.17) is 4.74 Å². The summed E-state index contributed by atoms with van der Waals surface area (Å²) in [7, 11) is -5.30. The minimum Gasteiger partial charge on any atom is -0.466 e. The van der Waals surface area contributed by atoms with Crippen LogP contribution in [0.1, 0.15) is 31.7 Å². The third kappa shape index (κ3) is 5.60. The molecule has 0 aliphatic rings. The number of nitrogens with zero attached hydrogens (tertiary/aromatic N) is 1. The molecular weight excluding hydrogens is 464 g/mol. The monoisotopic (exact) mass is 483 g/mol. The normalized spacial score (nSPS) is 11.8. The zero-order chi connectivity index (χ0) is 24.1. The van der Waals surface area contributed by atoms with Gasteiger partial charge in [0.25, 0.3) is 0 Å². The molecule has 0 saturated heterocycles. The number of carbonyl (C=O) groups is 1. The smallest absolute Gasteiger partial charge is 0.305 e. The molecule has 12 heteroatoms. The highest BCUT2D eigenvalue weighted by Crippen LogP contribution is 2.30. The van der Waals surface area contributed by atoms with Gasteiger partial charge in [-0.25, -0.2) is 34.8 Å². The van der Waals surface area contributed by atoms with Crippen molar-refractivity contribution in [1.29, 1.82) is 0 Å². The number of benzene rings is 2. The Morgan fingerprint density at radius 2 is 1.47 bits per heavy atom. The van der Waals surface area contributed by atoms with Crippen LogP contribution in [0, 0.1) is 34.9 Å². The van der Waals surface area contributed by atoms with Crippen LogP contribution in [-0.2, 0) is 26.1 Å². The lowest BCUT2D eigenvalue weighted by Gasteiger charge is -2.23. The van der Waals surface area contributed by atoms with Crippen molar-refractivity contribution in [3.63, 3.8) is 0 Å². The maximum atomic E-state index is 14.2. The van der Waals surface area contributed by atoms with Crippen LogP contribution in [0.2, 0.25) is 0 Å². The summed E-state index contributed by atoms with van der Waals surface area (Å²) >= 11 is 0. The lowest BCUT2D eigenvalue weighted by molar-refractivity contribution is -0.143. The van der Waals surface area contributed by atoms with E-state index < -0.39 is 68.9 Å². The predicted molar refractivity (Wildman–Crippen MR) is 101 cm³/mol. The van der Waals surface area contributed by atoms with E-state index in [1.54, 1.807) is 6.92 Å².